The van der Waals surface area contributed by atoms with E-state index >= 15 is 0 Å². The first-order valence-corrected chi connectivity index (χ1v) is 12.9. The summed E-state index contributed by atoms with van der Waals surface area (Å²) in [6, 6.07) is 14.8. The molecule has 4 nitrogen and oxygen atoms in total. The average molecular weight is 502 g/mol. The second kappa shape index (κ2) is 11.5. The highest BCUT2D eigenvalue weighted by molar-refractivity contribution is 9.10. The van der Waals surface area contributed by atoms with Crippen LogP contribution >= 0.6 is 15.9 Å². The van der Waals surface area contributed by atoms with Crippen LogP contribution in [0.15, 0.2) is 46.9 Å². The second-order valence-corrected chi connectivity index (χ2v) is 10.3. The topological polar surface area (TPSA) is 24.9 Å². The number of nitrogens with zero attached hydrogens (tertiary/aromatic N) is 2. The summed E-state index contributed by atoms with van der Waals surface area (Å²) in [5.41, 5.74) is 2.53. The molecule has 0 radical (unpaired) electrons. The number of likely N-dealkylation sites (N-methyl/N-ethyl adjacent to an activating group) is 1. The molecule has 1 saturated carbocycles. The van der Waals surface area contributed by atoms with Gasteiger partial charge in [0.2, 0.25) is 0 Å². The van der Waals surface area contributed by atoms with E-state index in [0.717, 1.165) is 60.2 Å². The number of piperazine rings is 1. The summed E-state index contributed by atoms with van der Waals surface area (Å²) in [6.45, 7) is 6.32. The van der Waals surface area contributed by atoms with Crippen molar-refractivity contribution >= 4 is 15.9 Å². The van der Waals surface area contributed by atoms with Gasteiger partial charge in [-0.25, -0.2) is 0 Å². The molecule has 1 aliphatic carbocycles. The Balaban J connectivity index is 1.56. The summed E-state index contributed by atoms with van der Waals surface area (Å²) < 4.78 is 13.0. The number of ether oxygens (including phenoxy) is 2. The molecule has 1 heterocycles. The summed E-state index contributed by atoms with van der Waals surface area (Å²) in [5, 5.41) is 0. The van der Waals surface area contributed by atoms with E-state index in [0.29, 0.717) is 12.5 Å². The molecular formula is C27H37BrN2O2. The molecule has 0 N–H and O–H groups in total. The third-order valence-corrected chi connectivity index (χ3v) is 7.76. The minimum Gasteiger partial charge on any atom is -0.493 e. The lowest BCUT2D eigenvalue weighted by Gasteiger charge is -2.38. The molecule has 1 aliphatic heterocycles. The third-order valence-electron chi connectivity index (χ3n) is 7.18. The fraction of sp³-hybridized carbons (Fsp3) is 0.556. The van der Waals surface area contributed by atoms with Gasteiger partial charge in [-0.15, -0.1) is 0 Å². The van der Waals surface area contributed by atoms with Gasteiger partial charge in [-0.05, 0) is 70.9 Å². The van der Waals surface area contributed by atoms with Crippen LogP contribution < -0.4 is 9.47 Å². The molecule has 1 atom stereocenters. The summed E-state index contributed by atoms with van der Waals surface area (Å²) in [7, 11) is 3.98. The molecule has 32 heavy (non-hydrogen) atoms. The van der Waals surface area contributed by atoms with Gasteiger partial charge in [0.15, 0.2) is 11.5 Å². The Labute approximate surface area is 202 Å². The Morgan fingerprint density at radius 2 is 1.72 bits per heavy atom. The van der Waals surface area contributed by atoms with Crippen LogP contribution in [0.1, 0.15) is 49.1 Å². The van der Waals surface area contributed by atoms with Crippen molar-refractivity contribution in [3.8, 4) is 11.5 Å². The van der Waals surface area contributed by atoms with Gasteiger partial charge in [0.25, 0.3) is 0 Å². The lowest BCUT2D eigenvalue weighted by atomic mass is 9.76. The van der Waals surface area contributed by atoms with E-state index in [1.165, 1.54) is 37.7 Å². The van der Waals surface area contributed by atoms with Crippen LogP contribution in [0.3, 0.4) is 0 Å². The number of hydrogen-bond donors (Lipinski definition) is 0. The minimum absolute atomic E-state index is 0.530. The molecule has 0 amide bonds. The molecule has 4 rings (SSSR count). The fourth-order valence-electron chi connectivity index (χ4n) is 5.20. The zero-order valence-electron chi connectivity index (χ0n) is 19.6. The molecular weight excluding hydrogens is 464 g/mol. The second-order valence-electron chi connectivity index (χ2n) is 9.42. The van der Waals surface area contributed by atoms with E-state index in [-0.39, 0.29) is 0 Å². The first kappa shape index (κ1) is 23.6. The van der Waals surface area contributed by atoms with Crippen LogP contribution in [-0.2, 0) is 6.61 Å². The Morgan fingerprint density at radius 3 is 2.41 bits per heavy atom. The molecule has 2 aromatic carbocycles. The highest BCUT2D eigenvalue weighted by atomic mass is 79.9. The smallest absolute Gasteiger partial charge is 0.175 e. The fourth-order valence-corrected chi connectivity index (χ4v) is 5.77. The first-order chi connectivity index (χ1) is 15.6. The predicted octanol–water partition coefficient (Wildman–Crippen LogP) is 5.95. The van der Waals surface area contributed by atoms with E-state index in [4.69, 9.17) is 9.47 Å². The summed E-state index contributed by atoms with van der Waals surface area (Å²) in [4.78, 5) is 5.10. The Morgan fingerprint density at radius 1 is 1.00 bits per heavy atom. The highest BCUT2D eigenvalue weighted by Gasteiger charge is 2.29. The molecule has 2 aromatic rings. The van der Waals surface area contributed by atoms with Gasteiger partial charge in [0.05, 0.1) is 11.6 Å². The molecule has 2 aliphatic rings. The van der Waals surface area contributed by atoms with Crippen molar-refractivity contribution < 1.29 is 9.47 Å². The normalized spacial score (nSPS) is 19.6. The largest absolute Gasteiger partial charge is 0.493 e. The maximum Gasteiger partial charge on any atom is 0.175 e. The van der Waals surface area contributed by atoms with Crippen LogP contribution in [0.4, 0.5) is 0 Å². The Hall–Kier alpha value is -1.56. The summed E-state index contributed by atoms with van der Waals surface area (Å²) in [6.07, 6.45) is 6.78. The van der Waals surface area contributed by atoms with Crippen molar-refractivity contribution in [3.63, 3.8) is 0 Å². The number of halogens is 1. The van der Waals surface area contributed by atoms with Crippen molar-refractivity contribution in [3.05, 3.63) is 58.1 Å². The quantitative estimate of drug-likeness (QED) is 0.447. The predicted molar refractivity (Wildman–Crippen MR) is 135 cm³/mol. The van der Waals surface area contributed by atoms with Crippen molar-refractivity contribution in [2.24, 2.45) is 5.92 Å². The highest BCUT2D eigenvalue weighted by Crippen LogP contribution is 2.43. The minimum atomic E-state index is 0.530. The molecule has 174 valence electrons. The monoisotopic (exact) mass is 500 g/mol. The zero-order chi connectivity index (χ0) is 22.3. The Bertz CT molecular complexity index is 846. The lowest BCUT2D eigenvalue weighted by Crippen LogP contribution is -2.46. The number of benzene rings is 2. The van der Waals surface area contributed by atoms with E-state index in [1.54, 1.807) is 7.11 Å². The van der Waals surface area contributed by atoms with Crippen molar-refractivity contribution in [1.29, 1.82) is 0 Å². The SMILES string of the molecule is COc1cc(C(CN2CCN(C)CC2)C2CCCCC2)cc(Br)c1OCc1ccccc1. The van der Waals surface area contributed by atoms with Gasteiger partial charge in [-0.2, -0.15) is 0 Å². The third kappa shape index (κ3) is 6.06. The van der Waals surface area contributed by atoms with Gasteiger partial charge in [0, 0.05) is 32.7 Å². The van der Waals surface area contributed by atoms with Gasteiger partial charge >= 0.3 is 0 Å². The molecule has 1 unspecified atom stereocenters. The maximum absolute atomic E-state index is 6.20. The molecule has 0 bridgehead atoms. The molecule has 5 heteroatoms. The average Bonchev–Trinajstić information content (AvgIpc) is 2.83. The molecule has 0 aromatic heterocycles. The van der Waals surface area contributed by atoms with Gasteiger partial charge < -0.3 is 19.3 Å². The first-order valence-electron chi connectivity index (χ1n) is 12.1. The van der Waals surface area contributed by atoms with Crippen LogP contribution in [-0.4, -0.2) is 56.7 Å². The van der Waals surface area contributed by atoms with Gasteiger partial charge in [0.1, 0.15) is 6.61 Å². The van der Waals surface area contributed by atoms with Crippen LogP contribution in [0.25, 0.3) is 0 Å². The van der Waals surface area contributed by atoms with Crippen molar-refractivity contribution in [2.75, 3.05) is 46.9 Å². The van der Waals surface area contributed by atoms with Crippen LogP contribution in [0, 0.1) is 5.92 Å². The lowest BCUT2D eigenvalue weighted by molar-refractivity contribution is 0.131. The molecule has 2 fully saturated rings. The van der Waals surface area contributed by atoms with E-state index in [9.17, 15) is 0 Å². The van der Waals surface area contributed by atoms with Gasteiger partial charge in [-0.3, -0.25) is 0 Å². The molecule has 0 spiro atoms. The van der Waals surface area contributed by atoms with Crippen molar-refractivity contribution in [2.45, 2.75) is 44.6 Å². The van der Waals surface area contributed by atoms with Crippen molar-refractivity contribution in [1.82, 2.24) is 9.80 Å². The Kier molecular flexibility index (Phi) is 8.50. The maximum atomic E-state index is 6.20. The summed E-state index contributed by atoms with van der Waals surface area (Å²) in [5.74, 6) is 2.90. The number of methoxy groups -OCH3 is 1. The molecule has 1 saturated heterocycles. The zero-order valence-corrected chi connectivity index (χ0v) is 21.1. The standard InChI is InChI=1S/C27H37BrN2O2/c1-29-13-15-30(16-14-29)19-24(22-11-7-4-8-12-22)23-17-25(28)27(26(18-23)31-2)32-20-21-9-5-3-6-10-21/h3,5-6,9-10,17-18,22,24H,4,7-8,11-16,19-20H2,1-2H3. The number of rotatable bonds is 8. The number of hydrogen-bond acceptors (Lipinski definition) is 4. The van der Waals surface area contributed by atoms with Crippen LogP contribution in [0.5, 0.6) is 11.5 Å². The van der Waals surface area contributed by atoms with E-state index in [2.05, 4.69) is 57.0 Å². The van der Waals surface area contributed by atoms with Gasteiger partial charge in [-0.1, -0.05) is 49.6 Å². The van der Waals surface area contributed by atoms with E-state index in [1.807, 2.05) is 18.2 Å². The van der Waals surface area contributed by atoms with E-state index < -0.39 is 0 Å². The van der Waals surface area contributed by atoms with Crippen LogP contribution in [0.2, 0.25) is 0 Å². The summed E-state index contributed by atoms with van der Waals surface area (Å²) >= 11 is 3.81.